The molecule has 2 aromatic rings. The standard InChI is InChI=1S/C20H20N2O4S/c23-15-6-4-14(5-7-15)12-18-17-13-16(8-9-19(17)21-20(18)24)27(25,26)22-10-2-1-3-11-22/h4-9,12-13,23H,1-3,10-11H2,(H,21,24)/b18-12+. The van der Waals surface area contributed by atoms with Gasteiger partial charge in [0.05, 0.1) is 4.90 Å². The maximum absolute atomic E-state index is 12.9. The van der Waals surface area contributed by atoms with Crippen LogP contribution in [-0.4, -0.2) is 36.8 Å². The Hall–Kier alpha value is -2.64. The highest BCUT2D eigenvalue weighted by Gasteiger charge is 2.30. The third-order valence-electron chi connectivity index (χ3n) is 4.93. The third kappa shape index (κ3) is 3.36. The lowest BCUT2D eigenvalue weighted by molar-refractivity contribution is -0.110. The van der Waals surface area contributed by atoms with Gasteiger partial charge in [-0.25, -0.2) is 8.42 Å². The summed E-state index contributed by atoms with van der Waals surface area (Å²) in [4.78, 5) is 12.6. The van der Waals surface area contributed by atoms with E-state index < -0.39 is 10.0 Å². The first-order valence-corrected chi connectivity index (χ1v) is 10.4. The van der Waals surface area contributed by atoms with Gasteiger partial charge in [-0.2, -0.15) is 4.31 Å². The minimum absolute atomic E-state index is 0.142. The monoisotopic (exact) mass is 384 g/mol. The van der Waals surface area contributed by atoms with Crippen LogP contribution in [0, 0.1) is 0 Å². The van der Waals surface area contributed by atoms with E-state index in [1.54, 1.807) is 36.4 Å². The van der Waals surface area contributed by atoms with E-state index >= 15 is 0 Å². The zero-order valence-corrected chi connectivity index (χ0v) is 15.5. The summed E-state index contributed by atoms with van der Waals surface area (Å²) >= 11 is 0. The van der Waals surface area contributed by atoms with Gasteiger partial charge in [0.25, 0.3) is 5.91 Å². The van der Waals surface area contributed by atoms with Crippen LogP contribution in [0.2, 0.25) is 0 Å². The van der Waals surface area contributed by atoms with Crippen molar-refractivity contribution in [3.8, 4) is 5.75 Å². The van der Waals surface area contributed by atoms with Gasteiger partial charge in [0.1, 0.15) is 5.75 Å². The Kier molecular flexibility index (Phi) is 4.49. The number of anilines is 1. The molecule has 7 heteroatoms. The molecule has 140 valence electrons. The Labute approximate surface area is 158 Å². The van der Waals surface area contributed by atoms with Crippen LogP contribution in [0.25, 0.3) is 11.6 Å². The summed E-state index contributed by atoms with van der Waals surface area (Å²) in [6.45, 7) is 1.07. The van der Waals surface area contributed by atoms with Crippen molar-refractivity contribution in [2.45, 2.75) is 24.2 Å². The first-order chi connectivity index (χ1) is 12.9. The van der Waals surface area contributed by atoms with E-state index in [1.807, 2.05) is 0 Å². The fourth-order valence-corrected chi connectivity index (χ4v) is 5.01. The first kappa shape index (κ1) is 17.8. The SMILES string of the molecule is O=C1Nc2ccc(S(=O)(=O)N3CCCCC3)cc2/C1=C\c1ccc(O)cc1. The van der Waals surface area contributed by atoms with Crippen LogP contribution in [0.3, 0.4) is 0 Å². The van der Waals surface area contributed by atoms with Crippen LogP contribution >= 0.6 is 0 Å². The summed E-state index contributed by atoms with van der Waals surface area (Å²) in [5.74, 6) is -0.131. The molecular weight excluding hydrogens is 364 g/mol. The summed E-state index contributed by atoms with van der Waals surface area (Å²) in [6.07, 6.45) is 4.48. The van der Waals surface area contributed by atoms with Gasteiger partial charge in [0.2, 0.25) is 10.0 Å². The third-order valence-corrected chi connectivity index (χ3v) is 6.83. The average molecular weight is 384 g/mol. The fraction of sp³-hybridized carbons (Fsp3) is 0.250. The second-order valence-electron chi connectivity index (χ2n) is 6.78. The quantitative estimate of drug-likeness (QED) is 0.797. The van der Waals surface area contributed by atoms with Crippen LogP contribution in [0.5, 0.6) is 5.75 Å². The van der Waals surface area contributed by atoms with Gasteiger partial charge in [-0.15, -0.1) is 0 Å². The Morgan fingerprint density at radius 2 is 1.70 bits per heavy atom. The predicted octanol–water partition coefficient (Wildman–Crippen LogP) is 3.06. The van der Waals surface area contributed by atoms with Crippen LogP contribution in [0.4, 0.5) is 5.69 Å². The van der Waals surface area contributed by atoms with Crippen molar-refractivity contribution in [1.29, 1.82) is 0 Å². The van der Waals surface area contributed by atoms with Gasteiger partial charge in [0, 0.05) is 29.9 Å². The van der Waals surface area contributed by atoms with Crippen molar-refractivity contribution in [3.05, 3.63) is 53.6 Å². The number of sulfonamides is 1. The number of benzene rings is 2. The average Bonchev–Trinajstić information content (AvgIpc) is 2.99. The number of piperidine rings is 1. The second kappa shape index (κ2) is 6.83. The lowest BCUT2D eigenvalue weighted by Gasteiger charge is -2.26. The number of fused-ring (bicyclic) bond motifs is 1. The molecule has 2 aliphatic rings. The van der Waals surface area contributed by atoms with Gasteiger partial charge in [-0.3, -0.25) is 4.79 Å². The highest BCUT2D eigenvalue weighted by molar-refractivity contribution is 7.89. The molecule has 2 heterocycles. The van der Waals surface area contributed by atoms with Gasteiger partial charge < -0.3 is 10.4 Å². The van der Waals surface area contributed by atoms with Crippen molar-refractivity contribution in [2.24, 2.45) is 0 Å². The molecule has 0 bridgehead atoms. The van der Waals surface area contributed by atoms with Gasteiger partial charge in [-0.05, 0) is 54.8 Å². The molecule has 0 atom stereocenters. The highest BCUT2D eigenvalue weighted by atomic mass is 32.2. The van der Waals surface area contributed by atoms with E-state index in [2.05, 4.69) is 5.32 Å². The number of aromatic hydroxyl groups is 1. The van der Waals surface area contributed by atoms with Gasteiger partial charge >= 0.3 is 0 Å². The summed E-state index contributed by atoms with van der Waals surface area (Å²) in [5.41, 5.74) is 2.33. The molecule has 4 rings (SSSR count). The van der Waals surface area contributed by atoms with Crippen LogP contribution in [0.15, 0.2) is 47.4 Å². The van der Waals surface area contributed by atoms with Crippen molar-refractivity contribution in [2.75, 3.05) is 18.4 Å². The molecule has 1 amide bonds. The van der Waals surface area contributed by atoms with E-state index in [1.165, 1.54) is 16.4 Å². The topological polar surface area (TPSA) is 86.7 Å². The molecule has 0 radical (unpaired) electrons. The Morgan fingerprint density at radius 1 is 1.00 bits per heavy atom. The van der Waals surface area contributed by atoms with Crippen LogP contribution in [-0.2, 0) is 14.8 Å². The molecule has 0 unspecified atom stereocenters. The minimum Gasteiger partial charge on any atom is -0.508 e. The van der Waals surface area contributed by atoms with E-state index in [-0.39, 0.29) is 16.6 Å². The number of amides is 1. The Morgan fingerprint density at radius 3 is 2.41 bits per heavy atom. The summed E-state index contributed by atoms with van der Waals surface area (Å²) in [7, 11) is -3.57. The molecule has 0 aliphatic carbocycles. The maximum atomic E-state index is 12.9. The predicted molar refractivity (Wildman–Crippen MR) is 104 cm³/mol. The molecule has 0 saturated carbocycles. The highest BCUT2D eigenvalue weighted by Crippen LogP contribution is 2.35. The van der Waals surface area contributed by atoms with Gasteiger partial charge in [0.15, 0.2) is 0 Å². The molecule has 2 N–H and O–H groups in total. The Balaban J connectivity index is 1.73. The number of carbonyl (C=O) groups excluding carboxylic acids is 1. The molecule has 2 aromatic carbocycles. The number of hydrogen-bond donors (Lipinski definition) is 2. The second-order valence-corrected chi connectivity index (χ2v) is 8.71. The molecule has 1 saturated heterocycles. The molecule has 2 aliphatic heterocycles. The minimum atomic E-state index is -3.57. The van der Waals surface area contributed by atoms with E-state index in [0.29, 0.717) is 29.9 Å². The fourth-order valence-electron chi connectivity index (χ4n) is 3.46. The molecule has 27 heavy (non-hydrogen) atoms. The van der Waals surface area contributed by atoms with Crippen molar-refractivity contribution < 1.29 is 18.3 Å². The smallest absolute Gasteiger partial charge is 0.256 e. The lowest BCUT2D eigenvalue weighted by Crippen LogP contribution is -2.35. The van der Waals surface area contributed by atoms with Crippen LogP contribution < -0.4 is 5.32 Å². The summed E-state index contributed by atoms with van der Waals surface area (Å²) in [6, 6.07) is 11.2. The Bertz CT molecular complexity index is 1020. The van der Waals surface area contributed by atoms with Crippen LogP contribution in [0.1, 0.15) is 30.4 Å². The van der Waals surface area contributed by atoms with Gasteiger partial charge in [-0.1, -0.05) is 18.6 Å². The number of phenolic OH excluding ortho intramolecular Hbond substituents is 1. The maximum Gasteiger partial charge on any atom is 0.256 e. The van der Waals surface area contributed by atoms with E-state index in [4.69, 9.17) is 0 Å². The van der Waals surface area contributed by atoms with Crippen molar-refractivity contribution in [1.82, 2.24) is 4.31 Å². The lowest BCUT2D eigenvalue weighted by atomic mass is 10.0. The zero-order valence-electron chi connectivity index (χ0n) is 14.7. The molecule has 0 aromatic heterocycles. The summed E-state index contributed by atoms with van der Waals surface area (Å²) < 4.78 is 27.4. The zero-order chi connectivity index (χ0) is 19.0. The summed E-state index contributed by atoms with van der Waals surface area (Å²) in [5, 5.41) is 12.2. The van der Waals surface area contributed by atoms with Crippen molar-refractivity contribution >= 4 is 33.3 Å². The molecule has 6 nitrogen and oxygen atoms in total. The first-order valence-electron chi connectivity index (χ1n) is 8.92. The number of rotatable bonds is 3. The van der Waals surface area contributed by atoms with E-state index in [0.717, 1.165) is 24.8 Å². The van der Waals surface area contributed by atoms with E-state index in [9.17, 15) is 18.3 Å². The largest absolute Gasteiger partial charge is 0.508 e. The normalized spacial score (nSPS) is 19.1. The number of carbonyl (C=O) groups is 1. The molecular formula is C20H20N2O4S. The number of hydrogen-bond acceptors (Lipinski definition) is 4. The number of phenols is 1. The molecule has 1 fully saturated rings. The number of nitrogens with zero attached hydrogens (tertiary/aromatic N) is 1. The molecule has 0 spiro atoms. The van der Waals surface area contributed by atoms with Crippen molar-refractivity contribution in [3.63, 3.8) is 0 Å². The number of nitrogens with one attached hydrogen (secondary N) is 1.